The van der Waals surface area contributed by atoms with Crippen LogP contribution in [0.3, 0.4) is 0 Å². The zero-order valence-corrected chi connectivity index (χ0v) is 40.8. The predicted molar refractivity (Wildman–Crippen MR) is 280 cm³/mol. The van der Waals surface area contributed by atoms with Crippen molar-refractivity contribution in [2.75, 3.05) is 0 Å². The van der Waals surface area contributed by atoms with E-state index in [4.69, 9.17) is 37.8 Å². The maximum atomic E-state index is 13.2. The molecular formula is C56H46Cl2N6O9. The molecular weight excluding hydrogens is 972 g/mol. The number of nitrogens with one attached hydrogen (secondary N) is 5. The number of amides is 4. The number of benzene rings is 4. The molecule has 0 radical (unpaired) electrons. The Bertz CT molecular complexity index is 3720. The second kappa shape index (κ2) is 20.1. The third-order valence-corrected chi connectivity index (χ3v) is 13.8. The minimum atomic E-state index is -0.473. The highest BCUT2D eigenvalue weighted by Crippen LogP contribution is 2.45. The highest BCUT2D eigenvalue weighted by molar-refractivity contribution is 6.53. The number of carbonyl (C=O) groups excluding carboxylic acids is 6. The molecule has 4 atom stereocenters. The van der Waals surface area contributed by atoms with E-state index in [0.29, 0.717) is 68.5 Å². The van der Waals surface area contributed by atoms with Gasteiger partial charge in [-0.1, -0.05) is 108 Å². The molecule has 17 heteroatoms. The van der Waals surface area contributed by atoms with Gasteiger partial charge in [-0.3, -0.25) is 39.4 Å². The Morgan fingerprint density at radius 1 is 0.548 bits per heavy atom. The summed E-state index contributed by atoms with van der Waals surface area (Å²) in [7, 11) is 0. The van der Waals surface area contributed by atoms with Crippen LogP contribution in [-0.2, 0) is 38.2 Å². The topological polar surface area (TPSA) is 217 Å². The number of ether oxygens (including phenoxy) is 2. The molecule has 4 aromatic heterocycles. The highest BCUT2D eigenvalue weighted by atomic mass is 35.5. The number of halogens is 2. The summed E-state index contributed by atoms with van der Waals surface area (Å²) in [5.41, 5.74) is 7.04. The lowest BCUT2D eigenvalue weighted by Crippen LogP contribution is -2.22. The lowest BCUT2D eigenvalue weighted by molar-refractivity contribution is -0.145. The van der Waals surface area contributed by atoms with Crippen molar-refractivity contribution in [2.45, 2.75) is 63.9 Å². The first kappa shape index (κ1) is 48.4. The number of allylic oxidation sites excluding steroid dienone is 1. The van der Waals surface area contributed by atoms with Gasteiger partial charge in [-0.2, -0.15) is 0 Å². The second-order valence-corrected chi connectivity index (χ2v) is 18.6. The summed E-state index contributed by atoms with van der Waals surface area (Å²) < 4.78 is 12.2. The Morgan fingerprint density at radius 3 is 1.53 bits per heavy atom. The number of para-hydroxylation sites is 4. The summed E-state index contributed by atoms with van der Waals surface area (Å²) >= 11 is 13.5. The zero-order chi connectivity index (χ0) is 51.1. The van der Waals surface area contributed by atoms with Crippen LogP contribution in [0.15, 0.2) is 134 Å². The first-order chi connectivity index (χ1) is 35.3. The van der Waals surface area contributed by atoms with Crippen molar-refractivity contribution in [1.29, 1.82) is 0 Å². The number of fused-ring (bicyclic) bond motifs is 4. The Labute approximate surface area is 426 Å². The quantitative estimate of drug-likeness (QED) is 0.0508. The van der Waals surface area contributed by atoms with Crippen LogP contribution in [0.5, 0.6) is 0 Å². The molecule has 368 valence electrons. The number of aromatic nitrogens is 4. The number of imide groups is 2. The van der Waals surface area contributed by atoms with Crippen LogP contribution >= 0.6 is 23.2 Å². The Morgan fingerprint density at radius 2 is 1.01 bits per heavy atom. The predicted octanol–water partition coefficient (Wildman–Crippen LogP) is 9.66. The molecule has 15 nitrogen and oxygen atoms in total. The fourth-order valence-corrected chi connectivity index (χ4v) is 10.7. The van der Waals surface area contributed by atoms with Crippen molar-refractivity contribution >= 4 is 125 Å². The van der Waals surface area contributed by atoms with Gasteiger partial charge in [0, 0.05) is 86.6 Å². The molecule has 0 saturated heterocycles. The van der Waals surface area contributed by atoms with Crippen LogP contribution in [0.1, 0.15) is 67.8 Å². The minimum absolute atomic E-state index is 0.0970. The molecule has 0 saturated carbocycles. The second-order valence-electron chi connectivity index (χ2n) is 17.8. The lowest BCUT2D eigenvalue weighted by atomic mass is 9.95. The number of esters is 2. The maximum absolute atomic E-state index is 13.2. The molecule has 0 bridgehead atoms. The van der Waals surface area contributed by atoms with Crippen molar-refractivity contribution in [2.24, 2.45) is 0 Å². The van der Waals surface area contributed by atoms with Crippen molar-refractivity contribution in [3.05, 3.63) is 166 Å². The van der Waals surface area contributed by atoms with Gasteiger partial charge in [-0.05, 0) is 62.1 Å². The number of aliphatic hydroxyl groups is 1. The number of carbonyl (C=O) groups is 6. The third-order valence-electron chi connectivity index (χ3n) is 13.1. The number of hydrogen-bond acceptors (Lipinski definition) is 9. The standard InChI is InChI=1S/C28H22ClN3O4.C20H12ClN3O2.C8H12O3/c1-15(33)36-17-12-10-16(11-13-17)32-22-9-5-3-7-19(22)23(26(32)29)25-24(27(34)31-28(25)35)20-14-30-21-8-4-2-6-18(20)21;21-18-15(11-6-2-4-8-14(11)23-18)17-16(19(25)24-20(17)26)12-9-22-13-7-3-1-5-10(12)13;1-6(9)11-8-4-2-7(10)3-5-8/h2-10,12,14,16-17,30H,11,13H2,1H3,(H,31,34,35);1-9,22-23H,(H,24,25,26);2,4,7-8,10H,3,5H2,1H3/t16?,17-;;7-,8-/m1.1/s1. The fourth-order valence-electron chi connectivity index (χ4n) is 10.0. The average molecular weight is 1020 g/mol. The van der Waals surface area contributed by atoms with Crippen LogP contribution < -0.4 is 10.6 Å². The first-order valence-corrected chi connectivity index (χ1v) is 24.3. The van der Waals surface area contributed by atoms with E-state index in [0.717, 1.165) is 50.0 Å². The highest BCUT2D eigenvalue weighted by Gasteiger charge is 2.38. The van der Waals surface area contributed by atoms with E-state index in [9.17, 15) is 28.8 Å². The van der Waals surface area contributed by atoms with E-state index in [2.05, 4.69) is 25.6 Å². The van der Waals surface area contributed by atoms with Gasteiger partial charge < -0.3 is 34.1 Å². The van der Waals surface area contributed by atoms with Crippen LogP contribution in [0.4, 0.5) is 0 Å². The van der Waals surface area contributed by atoms with Crippen molar-refractivity contribution in [3.63, 3.8) is 0 Å². The number of aromatic amines is 3. The van der Waals surface area contributed by atoms with Crippen LogP contribution in [0.2, 0.25) is 10.3 Å². The summed E-state index contributed by atoms with van der Waals surface area (Å²) in [6.07, 6.45) is 12.7. The number of hydrogen-bond donors (Lipinski definition) is 6. The maximum Gasteiger partial charge on any atom is 0.303 e. The van der Waals surface area contributed by atoms with Crippen LogP contribution in [0, 0.1) is 0 Å². The van der Waals surface area contributed by atoms with Gasteiger partial charge >= 0.3 is 11.9 Å². The monoisotopic (exact) mass is 1020 g/mol. The van der Waals surface area contributed by atoms with Gasteiger partial charge in [0.25, 0.3) is 23.6 Å². The first-order valence-electron chi connectivity index (χ1n) is 23.5. The van der Waals surface area contributed by atoms with E-state index in [1.807, 2.05) is 114 Å². The Hall–Kier alpha value is -8.24. The summed E-state index contributed by atoms with van der Waals surface area (Å²) in [5.74, 6) is -2.37. The molecule has 4 amide bonds. The molecule has 12 rings (SSSR count). The lowest BCUT2D eigenvalue weighted by Gasteiger charge is -2.25. The SMILES string of the molecule is CC(=O)O[C@@H]1C=CC(n2c(Cl)c(C3=C(c4c[nH]c5ccccc45)C(=O)NC3=O)c3ccccc32)CC1.CC(=O)O[C@@H]1C=C[C@@H](O)CC1.O=C1NC(=O)C(c2c(Cl)[nH]c3ccccc23)=C1c1c[nH]c2ccccc12. The van der Waals surface area contributed by atoms with Gasteiger partial charge in [0.2, 0.25) is 0 Å². The molecule has 4 aliphatic rings. The molecule has 0 spiro atoms. The Kier molecular flexibility index (Phi) is 13.3. The number of nitrogens with zero attached hydrogens (tertiary/aromatic N) is 1. The van der Waals surface area contributed by atoms with Crippen molar-refractivity contribution < 1.29 is 43.3 Å². The summed E-state index contributed by atoms with van der Waals surface area (Å²) in [5, 5.41) is 18.0. The summed E-state index contributed by atoms with van der Waals surface area (Å²) in [6.45, 7) is 2.79. The van der Waals surface area contributed by atoms with Crippen LogP contribution in [-0.4, -0.2) is 78.5 Å². The molecule has 6 heterocycles. The van der Waals surface area contributed by atoms with Gasteiger partial charge in [0.15, 0.2) is 0 Å². The number of H-pyrrole nitrogens is 3. The van der Waals surface area contributed by atoms with Gasteiger partial charge in [-0.25, -0.2) is 0 Å². The smallest absolute Gasteiger partial charge is 0.303 e. The van der Waals surface area contributed by atoms with E-state index in [-0.39, 0.29) is 41.9 Å². The molecule has 1 unspecified atom stereocenters. The summed E-state index contributed by atoms with van der Waals surface area (Å²) in [6, 6.07) is 30.4. The van der Waals surface area contributed by atoms with E-state index < -0.39 is 23.6 Å². The van der Waals surface area contributed by atoms with Crippen LogP contribution in [0.25, 0.3) is 65.9 Å². The molecule has 73 heavy (non-hydrogen) atoms. The van der Waals surface area contributed by atoms with Gasteiger partial charge in [-0.15, -0.1) is 0 Å². The van der Waals surface area contributed by atoms with E-state index >= 15 is 0 Å². The molecule has 6 N–H and O–H groups in total. The normalized spacial score (nSPS) is 19.6. The molecule has 2 aliphatic carbocycles. The van der Waals surface area contributed by atoms with Gasteiger partial charge in [0.05, 0.1) is 40.0 Å². The average Bonchev–Trinajstić information content (AvgIpc) is 4.23. The number of aliphatic hydroxyl groups excluding tert-OH is 1. The molecule has 8 aromatic rings. The zero-order valence-electron chi connectivity index (χ0n) is 39.3. The number of rotatable bonds is 7. The molecule has 2 aliphatic heterocycles. The van der Waals surface area contributed by atoms with Gasteiger partial charge in [0.1, 0.15) is 22.5 Å². The van der Waals surface area contributed by atoms with E-state index in [1.165, 1.54) is 13.8 Å². The Balaban J connectivity index is 0.000000143. The van der Waals surface area contributed by atoms with E-state index in [1.54, 1.807) is 24.5 Å². The minimum Gasteiger partial charge on any atom is -0.458 e. The third kappa shape index (κ3) is 9.29. The van der Waals surface area contributed by atoms with Crippen molar-refractivity contribution in [3.8, 4) is 0 Å². The fraction of sp³-hybridized carbons (Fsp3) is 0.179. The molecule has 0 fully saturated rings. The van der Waals surface area contributed by atoms with Crippen molar-refractivity contribution in [1.82, 2.24) is 30.2 Å². The molecule has 4 aromatic carbocycles. The largest absolute Gasteiger partial charge is 0.458 e. The summed E-state index contributed by atoms with van der Waals surface area (Å²) in [4.78, 5) is 82.8.